The molecule has 1 aliphatic heterocycles. The highest BCUT2D eigenvalue weighted by Crippen LogP contribution is 2.25. The lowest BCUT2D eigenvalue weighted by atomic mass is 9.92. The van der Waals surface area contributed by atoms with E-state index in [0.29, 0.717) is 6.04 Å². The fourth-order valence-electron chi connectivity index (χ4n) is 2.65. The van der Waals surface area contributed by atoms with Crippen molar-refractivity contribution >= 4 is 5.82 Å². The maximum atomic E-state index is 4.37. The van der Waals surface area contributed by atoms with Crippen LogP contribution in [-0.2, 0) is 6.54 Å². The molecule has 2 unspecified atom stereocenters. The zero-order chi connectivity index (χ0) is 12.3. The van der Waals surface area contributed by atoms with E-state index in [1.165, 1.54) is 24.9 Å². The highest BCUT2D eigenvalue weighted by molar-refractivity contribution is 5.42. The van der Waals surface area contributed by atoms with Crippen LogP contribution in [0.3, 0.4) is 0 Å². The number of likely N-dealkylation sites (tertiary alicyclic amines) is 1. The Hall–Kier alpha value is -1.09. The minimum Gasteiger partial charge on any atom is -0.373 e. The lowest BCUT2D eigenvalue weighted by molar-refractivity contribution is 0.106. The molecule has 0 amide bonds. The third-order valence-corrected chi connectivity index (χ3v) is 4.01. The molecule has 2 atom stereocenters. The van der Waals surface area contributed by atoms with E-state index in [1.54, 1.807) is 0 Å². The molecule has 1 aromatic heterocycles. The molecular weight excluding hydrogens is 210 g/mol. The van der Waals surface area contributed by atoms with Gasteiger partial charge in [-0.3, -0.25) is 4.90 Å². The summed E-state index contributed by atoms with van der Waals surface area (Å²) in [5, 5.41) is 3.17. The Morgan fingerprint density at radius 2 is 2.29 bits per heavy atom. The standard InChI is InChI=1S/C14H23N3/c1-11-6-5-9-17(12(11)2)10-13-7-4-8-16-14(13)15-3/h4,7-8,11-12H,5-6,9-10H2,1-3H3,(H,15,16). The number of aromatic nitrogens is 1. The minimum absolute atomic E-state index is 0.675. The zero-order valence-corrected chi connectivity index (χ0v) is 11.1. The normalized spacial score (nSPS) is 25.8. The molecule has 1 N–H and O–H groups in total. The number of pyridine rings is 1. The molecule has 17 heavy (non-hydrogen) atoms. The summed E-state index contributed by atoms with van der Waals surface area (Å²) in [6, 6.07) is 4.87. The van der Waals surface area contributed by atoms with Gasteiger partial charge in [0.1, 0.15) is 5.82 Å². The number of piperidine rings is 1. The molecule has 1 saturated heterocycles. The van der Waals surface area contributed by atoms with E-state index in [4.69, 9.17) is 0 Å². The molecule has 0 aromatic carbocycles. The molecule has 1 aromatic rings. The van der Waals surface area contributed by atoms with Gasteiger partial charge in [-0.1, -0.05) is 13.0 Å². The number of hydrogen-bond acceptors (Lipinski definition) is 3. The SMILES string of the molecule is CNc1ncccc1CN1CCCC(C)C1C. The Labute approximate surface area is 104 Å². The summed E-state index contributed by atoms with van der Waals surface area (Å²) < 4.78 is 0. The second-order valence-corrected chi connectivity index (χ2v) is 5.09. The summed E-state index contributed by atoms with van der Waals surface area (Å²) in [6.45, 7) is 6.93. The van der Waals surface area contributed by atoms with Crippen molar-refractivity contribution in [3.63, 3.8) is 0 Å². The number of rotatable bonds is 3. The zero-order valence-electron chi connectivity index (χ0n) is 11.1. The van der Waals surface area contributed by atoms with Crippen molar-refractivity contribution in [3.05, 3.63) is 23.9 Å². The van der Waals surface area contributed by atoms with Gasteiger partial charge in [0.2, 0.25) is 0 Å². The molecule has 94 valence electrons. The summed E-state index contributed by atoms with van der Waals surface area (Å²) in [6.07, 6.45) is 4.53. The van der Waals surface area contributed by atoms with E-state index >= 15 is 0 Å². The molecule has 0 saturated carbocycles. The van der Waals surface area contributed by atoms with Crippen LogP contribution in [0.4, 0.5) is 5.82 Å². The Kier molecular flexibility index (Phi) is 4.00. The molecule has 0 aliphatic carbocycles. The predicted octanol–water partition coefficient (Wildman–Crippen LogP) is 2.74. The van der Waals surface area contributed by atoms with Gasteiger partial charge in [-0.25, -0.2) is 4.98 Å². The van der Waals surface area contributed by atoms with E-state index in [9.17, 15) is 0 Å². The van der Waals surface area contributed by atoms with Crippen molar-refractivity contribution in [2.24, 2.45) is 5.92 Å². The average Bonchev–Trinajstić information content (AvgIpc) is 2.35. The fourth-order valence-corrected chi connectivity index (χ4v) is 2.65. The van der Waals surface area contributed by atoms with Gasteiger partial charge >= 0.3 is 0 Å². The van der Waals surface area contributed by atoms with Gasteiger partial charge in [-0.05, 0) is 38.3 Å². The number of anilines is 1. The monoisotopic (exact) mass is 233 g/mol. The van der Waals surface area contributed by atoms with Crippen LogP contribution >= 0.6 is 0 Å². The lowest BCUT2D eigenvalue weighted by Gasteiger charge is -2.38. The van der Waals surface area contributed by atoms with Crippen LogP contribution in [0.2, 0.25) is 0 Å². The second kappa shape index (κ2) is 5.50. The van der Waals surface area contributed by atoms with Crippen LogP contribution < -0.4 is 5.32 Å². The Bertz CT molecular complexity index is 364. The first-order chi connectivity index (χ1) is 8.22. The van der Waals surface area contributed by atoms with E-state index in [2.05, 4.69) is 35.1 Å². The Morgan fingerprint density at radius 1 is 1.47 bits per heavy atom. The van der Waals surface area contributed by atoms with Crippen molar-refractivity contribution in [3.8, 4) is 0 Å². The quantitative estimate of drug-likeness (QED) is 0.870. The Morgan fingerprint density at radius 3 is 3.06 bits per heavy atom. The topological polar surface area (TPSA) is 28.2 Å². The Balaban J connectivity index is 2.09. The minimum atomic E-state index is 0.675. The summed E-state index contributed by atoms with van der Waals surface area (Å²) >= 11 is 0. The van der Waals surface area contributed by atoms with Gasteiger partial charge in [-0.2, -0.15) is 0 Å². The molecule has 3 heteroatoms. The summed E-state index contributed by atoms with van der Waals surface area (Å²) in [4.78, 5) is 6.94. The van der Waals surface area contributed by atoms with E-state index < -0.39 is 0 Å². The van der Waals surface area contributed by atoms with Gasteiger partial charge in [0.15, 0.2) is 0 Å². The van der Waals surface area contributed by atoms with Crippen LogP contribution in [0, 0.1) is 5.92 Å². The summed E-state index contributed by atoms with van der Waals surface area (Å²) in [7, 11) is 1.94. The first kappa shape index (κ1) is 12.4. The first-order valence-electron chi connectivity index (χ1n) is 6.58. The van der Waals surface area contributed by atoms with Gasteiger partial charge in [-0.15, -0.1) is 0 Å². The van der Waals surface area contributed by atoms with Crippen LogP contribution in [0.1, 0.15) is 32.3 Å². The molecule has 1 fully saturated rings. The molecule has 1 aliphatic rings. The molecule has 0 bridgehead atoms. The molecule has 0 spiro atoms. The van der Waals surface area contributed by atoms with Crippen molar-refractivity contribution in [2.45, 2.75) is 39.3 Å². The van der Waals surface area contributed by atoms with Crippen LogP contribution in [0.15, 0.2) is 18.3 Å². The number of hydrogen-bond donors (Lipinski definition) is 1. The molecule has 3 nitrogen and oxygen atoms in total. The largest absolute Gasteiger partial charge is 0.373 e. The number of nitrogens with one attached hydrogen (secondary N) is 1. The summed E-state index contributed by atoms with van der Waals surface area (Å²) in [5.41, 5.74) is 1.30. The highest BCUT2D eigenvalue weighted by Gasteiger charge is 2.24. The van der Waals surface area contributed by atoms with Crippen molar-refractivity contribution in [1.29, 1.82) is 0 Å². The fraction of sp³-hybridized carbons (Fsp3) is 0.643. The van der Waals surface area contributed by atoms with Crippen LogP contribution in [0.25, 0.3) is 0 Å². The number of nitrogens with zero attached hydrogens (tertiary/aromatic N) is 2. The van der Waals surface area contributed by atoms with Crippen LogP contribution in [-0.4, -0.2) is 29.5 Å². The van der Waals surface area contributed by atoms with Crippen molar-refractivity contribution in [1.82, 2.24) is 9.88 Å². The average molecular weight is 233 g/mol. The molecule has 0 radical (unpaired) electrons. The molecular formula is C14H23N3. The van der Waals surface area contributed by atoms with Gasteiger partial charge in [0.25, 0.3) is 0 Å². The third kappa shape index (κ3) is 2.78. The van der Waals surface area contributed by atoms with Crippen molar-refractivity contribution < 1.29 is 0 Å². The maximum Gasteiger partial charge on any atom is 0.130 e. The third-order valence-electron chi connectivity index (χ3n) is 4.01. The smallest absolute Gasteiger partial charge is 0.130 e. The van der Waals surface area contributed by atoms with Gasteiger partial charge < -0.3 is 5.32 Å². The predicted molar refractivity (Wildman–Crippen MR) is 72.1 cm³/mol. The van der Waals surface area contributed by atoms with Gasteiger partial charge in [0.05, 0.1) is 0 Å². The van der Waals surface area contributed by atoms with E-state index in [-0.39, 0.29) is 0 Å². The van der Waals surface area contributed by atoms with Gasteiger partial charge in [0, 0.05) is 31.4 Å². The van der Waals surface area contributed by atoms with Crippen LogP contribution in [0.5, 0.6) is 0 Å². The van der Waals surface area contributed by atoms with E-state index in [0.717, 1.165) is 18.3 Å². The molecule has 2 rings (SSSR count). The highest BCUT2D eigenvalue weighted by atomic mass is 15.2. The lowest BCUT2D eigenvalue weighted by Crippen LogP contribution is -2.41. The van der Waals surface area contributed by atoms with Crippen molar-refractivity contribution in [2.75, 3.05) is 18.9 Å². The van der Waals surface area contributed by atoms with E-state index in [1.807, 2.05) is 19.3 Å². The summed E-state index contributed by atoms with van der Waals surface area (Å²) in [5.74, 6) is 1.82. The first-order valence-corrected chi connectivity index (χ1v) is 6.58. The maximum absolute atomic E-state index is 4.37. The second-order valence-electron chi connectivity index (χ2n) is 5.09. The molecule has 2 heterocycles.